The van der Waals surface area contributed by atoms with E-state index >= 15 is 0 Å². The van der Waals surface area contributed by atoms with Crippen molar-refractivity contribution in [3.63, 3.8) is 0 Å². The zero-order valence-corrected chi connectivity index (χ0v) is 12.3. The Kier molecular flexibility index (Phi) is 6.62. The number of benzene rings is 1. The summed E-state index contributed by atoms with van der Waals surface area (Å²) in [5.74, 6) is -0.125. The first-order valence-corrected chi connectivity index (χ1v) is 7.08. The highest BCUT2D eigenvalue weighted by Gasteiger charge is 2.21. The highest BCUT2D eigenvalue weighted by atomic mass is 16.5. The number of hydrogen-bond acceptors (Lipinski definition) is 5. The molecule has 1 aromatic rings. The Bertz CT molecular complexity index is 447. The molecule has 0 spiro atoms. The zero-order valence-electron chi connectivity index (χ0n) is 12.3. The fourth-order valence-electron chi connectivity index (χ4n) is 2.03. The SMILES string of the molecule is COCCOCc1cccc(NC(=O)C2CNCCO2)c1. The molecule has 1 aliphatic heterocycles. The van der Waals surface area contributed by atoms with Crippen molar-refractivity contribution in [1.29, 1.82) is 0 Å². The summed E-state index contributed by atoms with van der Waals surface area (Å²) in [6.45, 7) is 3.51. The zero-order chi connectivity index (χ0) is 14.9. The summed E-state index contributed by atoms with van der Waals surface area (Å²) in [5.41, 5.74) is 1.76. The van der Waals surface area contributed by atoms with E-state index in [2.05, 4.69) is 10.6 Å². The van der Waals surface area contributed by atoms with Gasteiger partial charge in [0, 0.05) is 25.9 Å². The molecule has 0 aliphatic carbocycles. The number of carbonyl (C=O) groups excluding carboxylic acids is 1. The molecule has 1 atom stereocenters. The third-order valence-corrected chi connectivity index (χ3v) is 3.12. The smallest absolute Gasteiger partial charge is 0.254 e. The van der Waals surface area contributed by atoms with Crippen molar-refractivity contribution < 1.29 is 19.0 Å². The van der Waals surface area contributed by atoms with Crippen LogP contribution in [0.5, 0.6) is 0 Å². The lowest BCUT2D eigenvalue weighted by Gasteiger charge is -2.22. The van der Waals surface area contributed by atoms with Crippen molar-refractivity contribution >= 4 is 11.6 Å². The first-order valence-electron chi connectivity index (χ1n) is 7.08. The van der Waals surface area contributed by atoms with Gasteiger partial charge in [0.15, 0.2) is 0 Å². The minimum absolute atomic E-state index is 0.125. The molecule has 2 rings (SSSR count). The Balaban J connectivity index is 1.83. The molecular formula is C15H22N2O4. The van der Waals surface area contributed by atoms with Gasteiger partial charge in [-0.15, -0.1) is 0 Å². The second-order valence-corrected chi connectivity index (χ2v) is 4.80. The lowest BCUT2D eigenvalue weighted by Crippen LogP contribution is -2.45. The van der Waals surface area contributed by atoms with E-state index in [1.165, 1.54) is 0 Å². The Morgan fingerprint density at radius 1 is 1.48 bits per heavy atom. The standard InChI is InChI=1S/C15H22N2O4/c1-19-7-8-20-11-12-3-2-4-13(9-12)17-15(18)14-10-16-5-6-21-14/h2-4,9,14,16H,5-8,10-11H2,1H3,(H,17,18). The summed E-state index contributed by atoms with van der Waals surface area (Å²) < 4.78 is 15.8. The van der Waals surface area contributed by atoms with E-state index in [0.29, 0.717) is 33.0 Å². The summed E-state index contributed by atoms with van der Waals surface area (Å²) in [6, 6.07) is 7.61. The van der Waals surface area contributed by atoms with Crippen molar-refractivity contribution in [2.75, 3.05) is 45.3 Å². The van der Waals surface area contributed by atoms with E-state index in [1.54, 1.807) is 7.11 Å². The van der Waals surface area contributed by atoms with Gasteiger partial charge in [-0.1, -0.05) is 12.1 Å². The first-order chi connectivity index (χ1) is 10.3. The van der Waals surface area contributed by atoms with Gasteiger partial charge in [0.25, 0.3) is 5.91 Å². The van der Waals surface area contributed by atoms with Gasteiger partial charge in [-0.2, -0.15) is 0 Å². The topological polar surface area (TPSA) is 68.8 Å². The molecule has 0 radical (unpaired) electrons. The largest absolute Gasteiger partial charge is 0.382 e. The summed E-state index contributed by atoms with van der Waals surface area (Å²) in [5, 5.41) is 6.00. The highest BCUT2D eigenvalue weighted by Crippen LogP contribution is 2.12. The predicted octanol–water partition coefficient (Wildman–Crippen LogP) is 0.777. The van der Waals surface area contributed by atoms with Gasteiger partial charge in [0.1, 0.15) is 6.10 Å². The van der Waals surface area contributed by atoms with Crippen LogP contribution in [0, 0.1) is 0 Å². The van der Waals surface area contributed by atoms with E-state index in [9.17, 15) is 4.79 Å². The Hall–Kier alpha value is -1.47. The molecular weight excluding hydrogens is 272 g/mol. The van der Waals surface area contributed by atoms with Gasteiger partial charge in [0.2, 0.25) is 0 Å². The number of amides is 1. The molecule has 21 heavy (non-hydrogen) atoms. The second-order valence-electron chi connectivity index (χ2n) is 4.80. The first kappa shape index (κ1) is 15.9. The van der Waals surface area contributed by atoms with Crippen LogP contribution in [0.3, 0.4) is 0 Å². The molecule has 1 aromatic carbocycles. The quantitative estimate of drug-likeness (QED) is 0.727. The maximum absolute atomic E-state index is 12.1. The minimum atomic E-state index is -0.430. The molecule has 0 aromatic heterocycles. The summed E-state index contributed by atoms with van der Waals surface area (Å²) >= 11 is 0. The molecule has 1 amide bonds. The van der Waals surface area contributed by atoms with Crippen molar-refractivity contribution in [2.45, 2.75) is 12.7 Å². The normalized spacial score (nSPS) is 18.4. The van der Waals surface area contributed by atoms with Crippen LogP contribution in [-0.4, -0.2) is 52.0 Å². The third-order valence-electron chi connectivity index (χ3n) is 3.12. The Morgan fingerprint density at radius 3 is 3.14 bits per heavy atom. The fourth-order valence-corrected chi connectivity index (χ4v) is 2.03. The van der Waals surface area contributed by atoms with Gasteiger partial charge in [0.05, 0.1) is 26.4 Å². The number of rotatable bonds is 7. The minimum Gasteiger partial charge on any atom is -0.382 e. The van der Waals surface area contributed by atoms with Crippen molar-refractivity contribution in [3.05, 3.63) is 29.8 Å². The van der Waals surface area contributed by atoms with Gasteiger partial charge in [-0.05, 0) is 17.7 Å². The number of nitrogens with one attached hydrogen (secondary N) is 2. The number of morpholine rings is 1. The van der Waals surface area contributed by atoms with Gasteiger partial charge < -0.3 is 24.8 Å². The van der Waals surface area contributed by atoms with Crippen LogP contribution in [0.25, 0.3) is 0 Å². The van der Waals surface area contributed by atoms with Crippen molar-refractivity contribution in [1.82, 2.24) is 5.32 Å². The fraction of sp³-hybridized carbons (Fsp3) is 0.533. The number of carbonyl (C=O) groups is 1. The number of anilines is 1. The molecule has 6 nitrogen and oxygen atoms in total. The average molecular weight is 294 g/mol. The lowest BCUT2D eigenvalue weighted by atomic mass is 10.2. The number of hydrogen-bond donors (Lipinski definition) is 2. The maximum atomic E-state index is 12.1. The molecule has 1 unspecified atom stereocenters. The molecule has 6 heteroatoms. The number of ether oxygens (including phenoxy) is 3. The van der Waals surface area contributed by atoms with Gasteiger partial charge in [-0.3, -0.25) is 4.79 Å². The monoisotopic (exact) mass is 294 g/mol. The van der Waals surface area contributed by atoms with Crippen LogP contribution in [0.4, 0.5) is 5.69 Å². The van der Waals surface area contributed by atoms with E-state index in [0.717, 1.165) is 17.8 Å². The molecule has 0 bridgehead atoms. The third kappa shape index (κ3) is 5.43. The van der Waals surface area contributed by atoms with E-state index in [1.807, 2.05) is 24.3 Å². The van der Waals surface area contributed by atoms with Crippen molar-refractivity contribution in [2.24, 2.45) is 0 Å². The summed E-state index contributed by atoms with van der Waals surface area (Å²) in [7, 11) is 1.64. The van der Waals surface area contributed by atoms with Crippen LogP contribution >= 0.6 is 0 Å². The molecule has 1 heterocycles. The van der Waals surface area contributed by atoms with Crippen LogP contribution in [-0.2, 0) is 25.6 Å². The van der Waals surface area contributed by atoms with Crippen LogP contribution in [0.15, 0.2) is 24.3 Å². The molecule has 1 saturated heterocycles. The highest BCUT2D eigenvalue weighted by molar-refractivity contribution is 5.94. The molecule has 0 saturated carbocycles. The summed E-state index contributed by atoms with van der Waals surface area (Å²) in [4.78, 5) is 12.1. The molecule has 2 N–H and O–H groups in total. The van der Waals surface area contributed by atoms with Crippen LogP contribution in [0.2, 0.25) is 0 Å². The Morgan fingerprint density at radius 2 is 2.38 bits per heavy atom. The Labute approximate surface area is 124 Å². The van der Waals surface area contributed by atoms with E-state index in [4.69, 9.17) is 14.2 Å². The van der Waals surface area contributed by atoms with Gasteiger partial charge in [-0.25, -0.2) is 0 Å². The van der Waals surface area contributed by atoms with Crippen LogP contribution in [0.1, 0.15) is 5.56 Å². The summed E-state index contributed by atoms with van der Waals surface area (Å²) in [6.07, 6.45) is -0.430. The predicted molar refractivity (Wildman–Crippen MR) is 79.2 cm³/mol. The van der Waals surface area contributed by atoms with E-state index in [-0.39, 0.29) is 5.91 Å². The number of methoxy groups -OCH3 is 1. The average Bonchev–Trinajstić information content (AvgIpc) is 2.53. The van der Waals surface area contributed by atoms with Crippen LogP contribution < -0.4 is 10.6 Å². The lowest BCUT2D eigenvalue weighted by molar-refractivity contribution is -0.128. The molecule has 1 fully saturated rings. The maximum Gasteiger partial charge on any atom is 0.254 e. The van der Waals surface area contributed by atoms with Gasteiger partial charge >= 0.3 is 0 Å². The molecule has 116 valence electrons. The van der Waals surface area contributed by atoms with Crippen molar-refractivity contribution in [3.8, 4) is 0 Å². The van der Waals surface area contributed by atoms with E-state index < -0.39 is 6.10 Å². The molecule has 1 aliphatic rings. The second kappa shape index (κ2) is 8.74.